The van der Waals surface area contributed by atoms with Gasteiger partial charge in [-0.1, -0.05) is 0 Å². The van der Waals surface area contributed by atoms with Crippen molar-refractivity contribution in [3.8, 4) is 0 Å². The van der Waals surface area contributed by atoms with Gasteiger partial charge in [0.2, 0.25) is 5.91 Å². The van der Waals surface area contributed by atoms with Gasteiger partial charge in [-0.25, -0.2) is 4.98 Å². The van der Waals surface area contributed by atoms with E-state index in [9.17, 15) is 4.79 Å². The number of hydrogen-bond acceptors (Lipinski definition) is 5. The van der Waals surface area contributed by atoms with Gasteiger partial charge in [-0.05, 0) is 19.1 Å². The van der Waals surface area contributed by atoms with E-state index in [0.717, 1.165) is 4.90 Å². The maximum atomic E-state index is 11.7. The number of nitrogens with one attached hydrogen (secondary N) is 2. The summed E-state index contributed by atoms with van der Waals surface area (Å²) in [7, 11) is 0. The molecule has 2 rings (SSSR count). The zero-order valence-electron chi connectivity index (χ0n) is 9.83. The van der Waals surface area contributed by atoms with Crippen molar-refractivity contribution in [3.63, 3.8) is 0 Å². The molecule has 0 aliphatic heterocycles. The molecule has 1 unspecified atom stereocenters. The Labute approximate surface area is 109 Å². The smallest absolute Gasteiger partial charge is 0.230 e. The third-order valence-corrected chi connectivity index (χ3v) is 3.25. The summed E-state index contributed by atoms with van der Waals surface area (Å²) >= 11 is 1.47. The highest BCUT2D eigenvalue weighted by Gasteiger charge is 2.11. The van der Waals surface area contributed by atoms with Crippen LogP contribution in [0.4, 0.5) is 0 Å². The monoisotopic (exact) mass is 263 g/mol. The number of amides is 1. The first-order valence-corrected chi connectivity index (χ1v) is 6.41. The summed E-state index contributed by atoms with van der Waals surface area (Å²) < 4.78 is 0. The highest BCUT2D eigenvalue weighted by molar-refractivity contribution is 8.00. The van der Waals surface area contributed by atoms with E-state index in [2.05, 4.69) is 25.5 Å². The van der Waals surface area contributed by atoms with Crippen molar-refractivity contribution in [2.75, 3.05) is 5.75 Å². The van der Waals surface area contributed by atoms with E-state index in [1.165, 1.54) is 18.1 Å². The zero-order valence-corrected chi connectivity index (χ0v) is 10.6. The minimum atomic E-state index is -0.168. The maximum Gasteiger partial charge on any atom is 0.230 e. The first-order chi connectivity index (χ1) is 8.75. The molecule has 94 valence electrons. The quantitative estimate of drug-likeness (QED) is 0.791. The molecule has 18 heavy (non-hydrogen) atoms. The second-order valence-corrected chi connectivity index (χ2v) is 4.68. The van der Waals surface area contributed by atoms with Gasteiger partial charge in [0.1, 0.15) is 12.2 Å². The van der Waals surface area contributed by atoms with Crippen molar-refractivity contribution in [3.05, 3.63) is 36.7 Å². The average Bonchev–Trinajstić information content (AvgIpc) is 2.91. The SMILES string of the molecule is CC(NC(=O)CSc1ccncc1)c1ncn[nH]1. The molecule has 2 aromatic rings. The van der Waals surface area contributed by atoms with Crippen molar-refractivity contribution in [2.24, 2.45) is 0 Å². The van der Waals surface area contributed by atoms with E-state index in [0.29, 0.717) is 11.6 Å². The summed E-state index contributed by atoms with van der Waals surface area (Å²) in [5.74, 6) is 0.973. The number of carbonyl (C=O) groups excluding carboxylic acids is 1. The van der Waals surface area contributed by atoms with Crippen LogP contribution in [0.2, 0.25) is 0 Å². The molecule has 0 spiro atoms. The summed E-state index contributed by atoms with van der Waals surface area (Å²) in [5, 5.41) is 9.31. The molecular formula is C11H13N5OS. The molecule has 0 saturated heterocycles. The van der Waals surface area contributed by atoms with Crippen molar-refractivity contribution < 1.29 is 4.79 Å². The number of rotatable bonds is 5. The van der Waals surface area contributed by atoms with Gasteiger partial charge in [0.25, 0.3) is 0 Å². The second-order valence-electron chi connectivity index (χ2n) is 3.63. The molecule has 0 fully saturated rings. The number of aromatic nitrogens is 4. The van der Waals surface area contributed by atoms with Crippen LogP contribution < -0.4 is 5.32 Å². The molecule has 2 heterocycles. The van der Waals surface area contributed by atoms with Gasteiger partial charge in [0.05, 0.1) is 11.8 Å². The van der Waals surface area contributed by atoms with Crippen molar-refractivity contribution in [2.45, 2.75) is 17.9 Å². The molecule has 6 nitrogen and oxygen atoms in total. The van der Waals surface area contributed by atoms with Gasteiger partial charge in [-0.2, -0.15) is 5.10 Å². The lowest BCUT2D eigenvalue weighted by Crippen LogP contribution is -2.28. The Morgan fingerprint density at radius 2 is 2.28 bits per heavy atom. The van der Waals surface area contributed by atoms with Gasteiger partial charge in [0.15, 0.2) is 0 Å². The third-order valence-electron chi connectivity index (χ3n) is 2.24. The largest absolute Gasteiger partial charge is 0.346 e. The molecular weight excluding hydrogens is 250 g/mol. The highest BCUT2D eigenvalue weighted by atomic mass is 32.2. The predicted octanol–water partition coefficient (Wildman–Crippen LogP) is 1.17. The van der Waals surface area contributed by atoms with Crippen molar-refractivity contribution in [1.82, 2.24) is 25.5 Å². The average molecular weight is 263 g/mol. The third kappa shape index (κ3) is 3.56. The Kier molecular flexibility index (Phi) is 4.30. The summed E-state index contributed by atoms with van der Waals surface area (Å²) in [5.41, 5.74) is 0. The number of pyridine rings is 1. The molecule has 0 aliphatic rings. The normalized spacial score (nSPS) is 12.1. The summed E-state index contributed by atoms with van der Waals surface area (Å²) in [6.45, 7) is 1.86. The Morgan fingerprint density at radius 3 is 2.94 bits per heavy atom. The van der Waals surface area contributed by atoms with Crippen LogP contribution in [0.15, 0.2) is 35.7 Å². The standard InChI is InChI=1S/C11H13N5OS/c1-8(11-13-7-14-16-11)15-10(17)6-18-9-2-4-12-5-3-9/h2-5,7-8H,6H2,1H3,(H,15,17)(H,13,14,16). The van der Waals surface area contributed by atoms with E-state index in [-0.39, 0.29) is 11.9 Å². The van der Waals surface area contributed by atoms with Crippen molar-refractivity contribution in [1.29, 1.82) is 0 Å². The van der Waals surface area contributed by atoms with Gasteiger partial charge >= 0.3 is 0 Å². The molecule has 0 saturated carbocycles. The summed E-state index contributed by atoms with van der Waals surface area (Å²) in [4.78, 5) is 20.6. The molecule has 1 atom stereocenters. The zero-order chi connectivity index (χ0) is 12.8. The van der Waals surface area contributed by atoms with Crippen LogP contribution in [0.1, 0.15) is 18.8 Å². The highest BCUT2D eigenvalue weighted by Crippen LogP contribution is 2.16. The lowest BCUT2D eigenvalue weighted by atomic mass is 10.3. The maximum absolute atomic E-state index is 11.7. The summed E-state index contributed by atoms with van der Waals surface area (Å²) in [6.07, 6.45) is 4.83. The van der Waals surface area contributed by atoms with Crippen LogP contribution in [-0.4, -0.2) is 31.8 Å². The molecule has 0 aliphatic carbocycles. The number of aromatic amines is 1. The Balaban J connectivity index is 1.79. The fraction of sp³-hybridized carbons (Fsp3) is 0.273. The van der Waals surface area contributed by atoms with E-state index < -0.39 is 0 Å². The topological polar surface area (TPSA) is 83.6 Å². The first kappa shape index (κ1) is 12.6. The number of H-pyrrole nitrogens is 1. The molecule has 0 bridgehead atoms. The van der Waals surface area contributed by atoms with Gasteiger partial charge < -0.3 is 5.32 Å². The number of carbonyl (C=O) groups is 1. The number of hydrogen-bond donors (Lipinski definition) is 2. The number of nitrogens with zero attached hydrogens (tertiary/aromatic N) is 3. The van der Waals surface area contributed by atoms with Crippen LogP contribution in [0.25, 0.3) is 0 Å². The Bertz CT molecular complexity index is 487. The van der Waals surface area contributed by atoms with Crippen molar-refractivity contribution >= 4 is 17.7 Å². The fourth-order valence-electron chi connectivity index (χ4n) is 1.36. The summed E-state index contributed by atoms with van der Waals surface area (Å²) in [6, 6.07) is 3.58. The second kappa shape index (κ2) is 6.15. The van der Waals surface area contributed by atoms with Crippen LogP contribution in [0.3, 0.4) is 0 Å². The van der Waals surface area contributed by atoms with Gasteiger partial charge in [-0.3, -0.25) is 14.9 Å². The first-order valence-electron chi connectivity index (χ1n) is 5.43. The van der Waals surface area contributed by atoms with E-state index in [4.69, 9.17) is 0 Å². The Hall–Kier alpha value is -1.89. The van der Waals surface area contributed by atoms with Gasteiger partial charge in [0, 0.05) is 17.3 Å². The van der Waals surface area contributed by atoms with Crippen LogP contribution in [0.5, 0.6) is 0 Å². The minimum absolute atomic E-state index is 0.0410. The molecule has 7 heteroatoms. The van der Waals surface area contributed by atoms with Crippen LogP contribution in [-0.2, 0) is 4.79 Å². The molecule has 2 aromatic heterocycles. The lowest BCUT2D eigenvalue weighted by molar-refractivity contribution is -0.119. The van der Waals surface area contributed by atoms with Crippen LogP contribution in [0, 0.1) is 0 Å². The predicted molar refractivity (Wildman–Crippen MR) is 67.9 cm³/mol. The molecule has 0 aromatic carbocycles. The minimum Gasteiger partial charge on any atom is -0.346 e. The molecule has 0 radical (unpaired) electrons. The van der Waals surface area contributed by atoms with E-state index in [1.807, 2.05) is 19.1 Å². The number of thioether (sulfide) groups is 1. The van der Waals surface area contributed by atoms with Gasteiger partial charge in [-0.15, -0.1) is 11.8 Å². The molecule has 2 N–H and O–H groups in total. The Morgan fingerprint density at radius 1 is 1.50 bits per heavy atom. The van der Waals surface area contributed by atoms with E-state index in [1.54, 1.807) is 12.4 Å². The van der Waals surface area contributed by atoms with E-state index >= 15 is 0 Å². The van der Waals surface area contributed by atoms with Crippen LogP contribution >= 0.6 is 11.8 Å². The fourth-order valence-corrected chi connectivity index (χ4v) is 2.05. The molecule has 1 amide bonds. The lowest BCUT2D eigenvalue weighted by Gasteiger charge is -2.10.